The molecule has 30 heavy (non-hydrogen) atoms. The Hall–Kier alpha value is -3.09. The molecule has 0 radical (unpaired) electrons. The number of benzene rings is 1. The van der Waals surface area contributed by atoms with Crippen LogP contribution in [0.5, 0.6) is 0 Å². The molecule has 1 N–H and O–H groups in total. The van der Waals surface area contributed by atoms with Gasteiger partial charge < -0.3 is 19.5 Å². The Morgan fingerprint density at radius 2 is 1.50 bits per heavy atom. The summed E-state index contributed by atoms with van der Waals surface area (Å²) in [6.45, 7) is 2.45. The third-order valence-electron chi connectivity index (χ3n) is 6.04. The van der Waals surface area contributed by atoms with Crippen LogP contribution in [0.15, 0.2) is 53.1 Å². The van der Waals surface area contributed by atoms with Crippen molar-refractivity contribution >= 4 is 17.7 Å². The van der Waals surface area contributed by atoms with E-state index in [9.17, 15) is 14.4 Å². The topological polar surface area (TPSA) is 82.9 Å². The molecule has 3 heterocycles. The molecule has 0 aliphatic carbocycles. The van der Waals surface area contributed by atoms with Gasteiger partial charge in [-0.3, -0.25) is 14.4 Å². The van der Waals surface area contributed by atoms with Gasteiger partial charge in [-0.2, -0.15) is 0 Å². The number of piperidine rings is 2. The summed E-state index contributed by atoms with van der Waals surface area (Å²) >= 11 is 0. The lowest BCUT2D eigenvalue weighted by molar-refractivity contribution is -0.138. The van der Waals surface area contributed by atoms with Gasteiger partial charge >= 0.3 is 0 Å². The molecule has 2 aliphatic rings. The first-order valence-electron chi connectivity index (χ1n) is 10.6. The first kappa shape index (κ1) is 20.2. The van der Waals surface area contributed by atoms with Crippen LogP contribution in [0, 0.1) is 5.92 Å². The monoisotopic (exact) mass is 409 g/mol. The Balaban J connectivity index is 1.22. The van der Waals surface area contributed by atoms with Crippen LogP contribution in [0.3, 0.4) is 0 Å². The van der Waals surface area contributed by atoms with Gasteiger partial charge in [0.15, 0.2) is 5.76 Å². The number of amides is 3. The zero-order valence-electron chi connectivity index (χ0n) is 17.0. The first-order chi connectivity index (χ1) is 14.6. The zero-order valence-corrected chi connectivity index (χ0v) is 17.0. The number of likely N-dealkylation sites (tertiary alicyclic amines) is 2. The van der Waals surface area contributed by atoms with Crippen molar-refractivity contribution in [1.29, 1.82) is 0 Å². The van der Waals surface area contributed by atoms with E-state index >= 15 is 0 Å². The van der Waals surface area contributed by atoms with Gasteiger partial charge in [0.2, 0.25) is 5.91 Å². The van der Waals surface area contributed by atoms with E-state index in [0.29, 0.717) is 50.3 Å². The minimum Gasteiger partial charge on any atom is -0.459 e. The van der Waals surface area contributed by atoms with Gasteiger partial charge in [-0.1, -0.05) is 18.2 Å². The number of nitrogens with zero attached hydrogens (tertiary/aromatic N) is 2. The smallest absolute Gasteiger partial charge is 0.289 e. The normalized spacial score (nSPS) is 18.3. The highest BCUT2D eigenvalue weighted by Crippen LogP contribution is 2.23. The van der Waals surface area contributed by atoms with Gasteiger partial charge in [0, 0.05) is 43.7 Å². The van der Waals surface area contributed by atoms with E-state index in [0.717, 1.165) is 12.8 Å². The molecule has 0 bridgehead atoms. The van der Waals surface area contributed by atoms with E-state index in [1.165, 1.54) is 6.26 Å². The van der Waals surface area contributed by atoms with E-state index in [1.807, 2.05) is 23.1 Å². The average Bonchev–Trinajstić information content (AvgIpc) is 3.34. The summed E-state index contributed by atoms with van der Waals surface area (Å²) in [6, 6.07) is 12.7. The minimum absolute atomic E-state index is 0.0406. The Kier molecular flexibility index (Phi) is 6.16. The fourth-order valence-electron chi connectivity index (χ4n) is 4.25. The van der Waals surface area contributed by atoms with Gasteiger partial charge in [0.25, 0.3) is 11.8 Å². The van der Waals surface area contributed by atoms with Crippen LogP contribution in [0.25, 0.3) is 0 Å². The predicted molar refractivity (Wildman–Crippen MR) is 111 cm³/mol. The maximum absolute atomic E-state index is 12.9. The van der Waals surface area contributed by atoms with Gasteiger partial charge in [0.05, 0.1) is 6.26 Å². The summed E-state index contributed by atoms with van der Waals surface area (Å²) in [5.41, 5.74) is 0.659. The molecular formula is C23H27N3O4. The van der Waals surface area contributed by atoms with Crippen LogP contribution in [-0.2, 0) is 4.79 Å². The Morgan fingerprint density at radius 3 is 2.13 bits per heavy atom. The molecule has 1 aromatic carbocycles. The van der Waals surface area contributed by atoms with Gasteiger partial charge in [-0.15, -0.1) is 0 Å². The number of nitrogens with one attached hydrogen (secondary N) is 1. The van der Waals surface area contributed by atoms with Crippen LogP contribution in [0.4, 0.5) is 0 Å². The van der Waals surface area contributed by atoms with Crippen molar-refractivity contribution in [3.8, 4) is 0 Å². The fraction of sp³-hybridized carbons (Fsp3) is 0.435. The molecule has 3 amide bonds. The summed E-state index contributed by atoms with van der Waals surface area (Å²) < 4.78 is 5.19. The maximum atomic E-state index is 12.9. The predicted octanol–water partition coefficient (Wildman–Crippen LogP) is 2.55. The molecule has 158 valence electrons. The molecule has 0 atom stereocenters. The summed E-state index contributed by atoms with van der Waals surface area (Å²) in [6.07, 6.45) is 4.38. The quantitative estimate of drug-likeness (QED) is 0.841. The molecule has 2 aliphatic heterocycles. The highest BCUT2D eigenvalue weighted by Gasteiger charge is 2.33. The van der Waals surface area contributed by atoms with Gasteiger partial charge in [-0.25, -0.2) is 0 Å². The fourth-order valence-corrected chi connectivity index (χ4v) is 4.25. The number of furan rings is 1. The van der Waals surface area contributed by atoms with Crippen molar-refractivity contribution in [3.05, 3.63) is 60.1 Å². The first-order valence-corrected chi connectivity index (χ1v) is 10.6. The number of hydrogen-bond acceptors (Lipinski definition) is 4. The van der Waals surface area contributed by atoms with Gasteiger partial charge in [-0.05, 0) is 49.9 Å². The second-order valence-electron chi connectivity index (χ2n) is 7.98. The lowest BCUT2D eigenvalue weighted by Crippen LogP contribution is -2.49. The minimum atomic E-state index is -0.110. The molecule has 2 saturated heterocycles. The van der Waals surface area contributed by atoms with Crippen molar-refractivity contribution < 1.29 is 18.8 Å². The summed E-state index contributed by atoms with van der Waals surface area (Å²) in [4.78, 5) is 41.3. The highest BCUT2D eigenvalue weighted by molar-refractivity contribution is 5.94. The standard InChI is InChI=1S/C23H27N3O4/c27-21(17-5-2-1-3-6-17)24-19-10-14-25(15-11-19)22(28)18-8-12-26(13-9-18)23(29)20-7-4-16-30-20/h1-7,16,18-19H,8-15H2,(H,24,27). The molecule has 0 spiro atoms. The molecular weight excluding hydrogens is 382 g/mol. The number of carbonyl (C=O) groups is 3. The van der Waals surface area contributed by atoms with Crippen LogP contribution in [0.1, 0.15) is 46.6 Å². The van der Waals surface area contributed by atoms with Crippen LogP contribution < -0.4 is 5.32 Å². The molecule has 1 aromatic heterocycles. The largest absolute Gasteiger partial charge is 0.459 e. The number of carbonyl (C=O) groups excluding carboxylic acids is 3. The molecule has 7 heteroatoms. The van der Waals surface area contributed by atoms with Crippen molar-refractivity contribution in [2.24, 2.45) is 5.92 Å². The second-order valence-corrected chi connectivity index (χ2v) is 7.98. The van der Waals surface area contributed by atoms with E-state index in [4.69, 9.17) is 4.42 Å². The Bertz CT molecular complexity index is 865. The Morgan fingerprint density at radius 1 is 0.833 bits per heavy atom. The lowest BCUT2D eigenvalue weighted by atomic mass is 9.93. The number of hydrogen-bond donors (Lipinski definition) is 1. The molecule has 0 saturated carbocycles. The average molecular weight is 409 g/mol. The molecule has 2 fully saturated rings. The molecule has 2 aromatic rings. The van der Waals surface area contributed by atoms with Crippen molar-refractivity contribution in [2.75, 3.05) is 26.2 Å². The third kappa shape index (κ3) is 4.56. The van der Waals surface area contributed by atoms with Crippen LogP contribution in [0.2, 0.25) is 0 Å². The molecule has 0 unspecified atom stereocenters. The highest BCUT2D eigenvalue weighted by atomic mass is 16.3. The molecule has 4 rings (SSSR count). The maximum Gasteiger partial charge on any atom is 0.289 e. The van der Waals surface area contributed by atoms with E-state index < -0.39 is 0 Å². The molecule has 7 nitrogen and oxygen atoms in total. The van der Waals surface area contributed by atoms with Crippen molar-refractivity contribution in [1.82, 2.24) is 15.1 Å². The van der Waals surface area contributed by atoms with E-state index in [2.05, 4.69) is 5.32 Å². The summed E-state index contributed by atoms with van der Waals surface area (Å²) in [5, 5.41) is 3.08. The lowest BCUT2D eigenvalue weighted by Gasteiger charge is -2.37. The SMILES string of the molecule is O=C(NC1CCN(C(=O)C2CCN(C(=O)c3ccco3)CC2)CC1)c1ccccc1. The van der Waals surface area contributed by atoms with E-state index in [1.54, 1.807) is 29.2 Å². The van der Waals surface area contributed by atoms with Crippen molar-refractivity contribution in [3.63, 3.8) is 0 Å². The second kappa shape index (κ2) is 9.15. The third-order valence-corrected chi connectivity index (χ3v) is 6.04. The van der Waals surface area contributed by atoms with E-state index in [-0.39, 0.29) is 29.7 Å². The summed E-state index contributed by atoms with van der Waals surface area (Å²) in [5.74, 6) is 0.309. The van der Waals surface area contributed by atoms with Crippen molar-refractivity contribution in [2.45, 2.75) is 31.7 Å². The Labute approximate surface area is 176 Å². The van der Waals surface area contributed by atoms with Crippen LogP contribution >= 0.6 is 0 Å². The van der Waals surface area contributed by atoms with Crippen LogP contribution in [-0.4, -0.2) is 59.7 Å². The van der Waals surface area contributed by atoms with Gasteiger partial charge in [0.1, 0.15) is 0 Å². The number of rotatable bonds is 4. The zero-order chi connectivity index (χ0) is 20.9. The summed E-state index contributed by atoms with van der Waals surface area (Å²) in [7, 11) is 0.